The zero-order valence-corrected chi connectivity index (χ0v) is 23.6. The van der Waals surface area contributed by atoms with E-state index in [1.807, 2.05) is 47.7 Å². The van der Waals surface area contributed by atoms with Crippen molar-refractivity contribution in [1.82, 2.24) is 25.4 Å². The summed E-state index contributed by atoms with van der Waals surface area (Å²) in [5.74, 6) is 0.127. The molecule has 0 spiro atoms. The van der Waals surface area contributed by atoms with Gasteiger partial charge in [-0.05, 0) is 49.8 Å². The van der Waals surface area contributed by atoms with Gasteiger partial charge in [0, 0.05) is 61.1 Å². The van der Waals surface area contributed by atoms with Crippen LogP contribution in [0.1, 0.15) is 66.1 Å². The van der Waals surface area contributed by atoms with Gasteiger partial charge >= 0.3 is 0 Å². The summed E-state index contributed by atoms with van der Waals surface area (Å²) in [4.78, 5) is 20.7. The third-order valence-corrected chi connectivity index (χ3v) is 7.30. The SMILES string of the molecule is CC.CC.CC(C(=O)N(C)c1ccc2cc(-c3n[nH]c4c3CCC(C)(C)C4)[nH]c2c1)N1CCNCC1. The Labute approximate surface area is 217 Å². The maximum Gasteiger partial charge on any atom is 0.243 e. The fraction of sp³-hybridized carbons (Fsp3) is 0.586. The first kappa shape index (κ1) is 27.9. The highest BCUT2D eigenvalue weighted by Gasteiger charge is 2.30. The summed E-state index contributed by atoms with van der Waals surface area (Å²) in [5.41, 5.74) is 6.94. The summed E-state index contributed by atoms with van der Waals surface area (Å²) in [5, 5.41) is 12.4. The van der Waals surface area contributed by atoms with E-state index in [9.17, 15) is 4.79 Å². The molecule has 1 saturated heterocycles. The Kier molecular flexibility index (Phi) is 9.36. The lowest BCUT2D eigenvalue weighted by Gasteiger charge is -2.34. The van der Waals surface area contributed by atoms with Crippen LogP contribution in [0.25, 0.3) is 22.3 Å². The molecule has 1 amide bonds. The van der Waals surface area contributed by atoms with E-state index in [0.29, 0.717) is 5.41 Å². The van der Waals surface area contributed by atoms with Crippen molar-refractivity contribution in [2.45, 2.75) is 73.8 Å². The highest BCUT2D eigenvalue weighted by atomic mass is 16.2. The first-order valence-corrected chi connectivity index (χ1v) is 13.7. The Bertz CT molecular complexity index is 1140. The molecule has 7 heteroatoms. The fourth-order valence-corrected chi connectivity index (χ4v) is 5.15. The normalized spacial score (nSPS) is 17.8. The van der Waals surface area contributed by atoms with Gasteiger partial charge in [0.05, 0.1) is 11.7 Å². The second kappa shape index (κ2) is 12.1. The van der Waals surface area contributed by atoms with Gasteiger partial charge in [0.15, 0.2) is 0 Å². The number of benzene rings is 1. The molecule has 0 radical (unpaired) electrons. The molecular formula is C29H46N6O. The van der Waals surface area contributed by atoms with E-state index in [2.05, 4.69) is 57.4 Å². The highest BCUT2D eigenvalue weighted by Crippen LogP contribution is 2.38. The number of aromatic amines is 2. The van der Waals surface area contributed by atoms with Crippen LogP contribution in [0.15, 0.2) is 24.3 Å². The lowest BCUT2D eigenvalue weighted by atomic mass is 9.76. The van der Waals surface area contributed by atoms with Crippen LogP contribution in [0, 0.1) is 5.41 Å². The van der Waals surface area contributed by atoms with E-state index >= 15 is 0 Å². The van der Waals surface area contributed by atoms with Crippen molar-refractivity contribution in [2.24, 2.45) is 5.41 Å². The molecule has 1 atom stereocenters. The predicted octanol–water partition coefficient (Wildman–Crippen LogP) is 5.38. The van der Waals surface area contributed by atoms with Crippen molar-refractivity contribution in [2.75, 3.05) is 38.1 Å². The maximum atomic E-state index is 13.1. The van der Waals surface area contributed by atoms with Crippen LogP contribution >= 0.6 is 0 Å². The summed E-state index contributed by atoms with van der Waals surface area (Å²) >= 11 is 0. The molecular weight excluding hydrogens is 448 g/mol. The van der Waals surface area contributed by atoms with Crippen molar-refractivity contribution < 1.29 is 4.79 Å². The fourth-order valence-electron chi connectivity index (χ4n) is 5.15. The number of fused-ring (bicyclic) bond motifs is 2. The van der Waals surface area contributed by atoms with E-state index in [0.717, 1.165) is 67.0 Å². The van der Waals surface area contributed by atoms with Crippen molar-refractivity contribution in [3.63, 3.8) is 0 Å². The van der Waals surface area contributed by atoms with E-state index < -0.39 is 0 Å². The van der Waals surface area contributed by atoms with Crippen molar-refractivity contribution in [3.8, 4) is 11.4 Å². The Morgan fingerprint density at radius 3 is 2.50 bits per heavy atom. The molecule has 1 aliphatic heterocycles. The summed E-state index contributed by atoms with van der Waals surface area (Å²) in [6.07, 6.45) is 3.27. The number of likely N-dealkylation sites (N-methyl/N-ethyl adjacent to an activating group) is 1. The number of piperazine rings is 1. The topological polar surface area (TPSA) is 80.0 Å². The first-order valence-electron chi connectivity index (χ1n) is 13.7. The molecule has 0 saturated carbocycles. The Morgan fingerprint density at radius 2 is 1.81 bits per heavy atom. The van der Waals surface area contributed by atoms with Gasteiger partial charge in [-0.1, -0.05) is 47.6 Å². The average Bonchev–Trinajstić information content (AvgIpc) is 3.52. The van der Waals surface area contributed by atoms with Gasteiger partial charge in [-0.25, -0.2) is 0 Å². The van der Waals surface area contributed by atoms with Crippen LogP contribution in [0.4, 0.5) is 5.69 Å². The zero-order valence-electron chi connectivity index (χ0n) is 23.6. The molecule has 36 heavy (non-hydrogen) atoms. The van der Waals surface area contributed by atoms with Crippen LogP contribution < -0.4 is 10.2 Å². The van der Waals surface area contributed by atoms with Gasteiger partial charge < -0.3 is 15.2 Å². The number of anilines is 1. The number of amides is 1. The summed E-state index contributed by atoms with van der Waals surface area (Å²) in [6.45, 7) is 18.3. The first-order chi connectivity index (χ1) is 17.3. The van der Waals surface area contributed by atoms with Gasteiger partial charge in [0.1, 0.15) is 5.69 Å². The van der Waals surface area contributed by atoms with Crippen LogP contribution in [0.3, 0.4) is 0 Å². The molecule has 2 aliphatic rings. The van der Waals surface area contributed by atoms with Gasteiger partial charge in [-0.2, -0.15) is 5.10 Å². The number of H-pyrrole nitrogens is 2. The number of nitrogens with zero attached hydrogens (tertiary/aromatic N) is 3. The minimum absolute atomic E-state index is 0.127. The molecule has 5 rings (SSSR count). The second-order valence-corrected chi connectivity index (χ2v) is 10.2. The van der Waals surface area contributed by atoms with Crippen molar-refractivity contribution >= 4 is 22.5 Å². The highest BCUT2D eigenvalue weighted by molar-refractivity contribution is 5.98. The average molecular weight is 495 g/mol. The predicted molar refractivity (Wildman–Crippen MR) is 152 cm³/mol. The van der Waals surface area contributed by atoms with E-state index in [-0.39, 0.29) is 11.9 Å². The number of nitrogens with one attached hydrogen (secondary N) is 3. The van der Waals surface area contributed by atoms with Gasteiger partial charge in [0.25, 0.3) is 0 Å². The summed E-state index contributed by atoms with van der Waals surface area (Å²) in [6, 6.07) is 8.23. The number of carbonyl (C=O) groups excluding carboxylic acids is 1. The quantitative estimate of drug-likeness (QED) is 0.455. The molecule has 3 aromatic rings. The van der Waals surface area contributed by atoms with Gasteiger partial charge in [0.2, 0.25) is 5.91 Å². The molecule has 1 aliphatic carbocycles. The molecule has 3 N–H and O–H groups in total. The van der Waals surface area contributed by atoms with E-state index in [1.165, 1.54) is 17.7 Å². The monoisotopic (exact) mass is 494 g/mol. The standard InChI is InChI=1S/C25H34N6O.2C2H6/c1-16(31-11-9-26-10-12-31)24(32)30(4)18-6-5-17-13-21(27-20(17)14-18)23-19-7-8-25(2,3)15-22(19)28-29-23;2*1-2/h5-6,13-14,16,26-27H,7-12,15H2,1-4H3,(H,28,29);2*1-2H3. The van der Waals surface area contributed by atoms with E-state index in [1.54, 1.807) is 4.90 Å². The maximum absolute atomic E-state index is 13.1. The molecule has 0 bridgehead atoms. The zero-order chi connectivity index (χ0) is 26.5. The number of aromatic nitrogens is 3. The Morgan fingerprint density at radius 1 is 1.11 bits per heavy atom. The lowest BCUT2D eigenvalue weighted by molar-refractivity contribution is -0.123. The van der Waals surface area contributed by atoms with Gasteiger partial charge in [-0.3, -0.25) is 14.8 Å². The number of rotatable bonds is 4. The second-order valence-electron chi connectivity index (χ2n) is 10.2. The summed E-state index contributed by atoms with van der Waals surface area (Å²) < 4.78 is 0. The lowest BCUT2D eigenvalue weighted by Crippen LogP contribution is -2.53. The van der Waals surface area contributed by atoms with Crippen LogP contribution in [-0.2, 0) is 17.6 Å². The molecule has 1 fully saturated rings. The van der Waals surface area contributed by atoms with Crippen molar-refractivity contribution in [3.05, 3.63) is 35.5 Å². The number of hydrogen-bond donors (Lipinski definition) is 3. The Hall–Kier alpha value is -2.64. The largest absolute Gasteiger partial charge is 0.353 e. The molecule has 1 aromatic carbocycles. The van der Waals surface area contributed by atoms with E-state index in [4.69, 9.17) is 0 Å². The van der Waals surface area contributed by atoms with Crippen LogP contribution in [0.5, 0.6) is 0 Å². The minimum Gasteiger partial charge on any atom is -0.353 e. The number of carbonyl (C=O) groups is 1. The molecule has 7 nitrogen and oxygen atoms in total. The molecule has 2 aromatic heterocycles. The third kappa shape index (κ3) is 5.84. The van der Waals surface area contributed by atoms with Crippen molar-refractivity contribution in [1.29, 1.82) is 0 Å². The summed E-state index contributed by atoms with van der Waals surface area (Å²) in [7, 11) is 1.87. The minimum atomic E-state index is -0.128. The third-order valence-electron chi connectivity index (χ3n) is 7.30. The molecule has 198 valence electrons. The van der Waals surface area contributed by atoms with Gasteiger partial charge in [-0.15, -0.1) is 0 Å². The van der Waals surface area contributed by atoms with Crippen LogP contribution in [0.2, 0.25) is 0 Å². The number of hydrogen-bond acceptors (Lipinski definition) is 4. The molecule has 1 unspecified atom stereocenters. The molecule has 3 heterocycles. The van der Waals surface area contributed by atoms with Crippen LogP contribution in [-0.4, -0.2) is 65.3 Å². The smallest absolute Gasteiger partial charge is 0.243 e. The Balaban J connectivity index is 0.000000861.